The molecular formula is C29H26ClNO4S. The zero-order valence-corrected chi connectivity index (χ0v) is 21.5. The van der Waals surface area contributed by atoms with Gasteiger partial charge in [-0.15, -0.1) is 6.58 Å². The summed E-state index contributed by atoms with van der Waals surface area (Å²) in [5.74, 6) is 0.891. The van der Waals surface area contributed by atoms with Crippen molar-refractivity contribution in [3.05, 3.63) is 112 Å². The van der Waals surface area contributed by atoms with Gasteiger partial charge in [-0.3, -0.25) is 14.5 Å². The third kappa shape index (κ3) is 6.20. The van der Waals surface area contributed by atoms with Crippen LogP contribution in [-0.4, -0.2) is 22.7 Å². The monoisotopic (exact) mass is 519 g/mol. The van der Waals surface area contributed by atoms with Gasteiger partial charge in [-0.05, 0) is 72.1 Å². The van der Waals surface area contributed by atoms with E-state index in [4.69, 9.17) is 21.1 Å². The van der Waals surface area contributed by atoms with Gasteiger partial charge in [-0.1, -0.05) is 60.1 Å². The van der Waals surface area contributed by atoms with E-state index in [-0.39, 0.29) is 17.7 Å². The Bertz CT molecular complexity index is 1290. The number of amides is 2. The summed E-state index contributed by atoms with van der Waals surface area (Å²) in [6.45, 7) is 6.80. The maximum Gasteiger partial charge on any atom is 0.293 e. The Morgan fingerprint density at radius 1 is 1.00 bits per heavy atom. The lowest BCUT2D eigenvalue weighted by Gasteiger charge is -2.17. The predicted octanol–water partition coefficient (Wildman–Crippen LogP) is 7.28. The number of hydrogen-bond acceptors (Lipinski definition) is 5. The summed E-state index contributed by atoms with van der Waals surface area (Å²) >= 11 is 6.93. The van der Waals surface area contributed by atoms with Gasteiger partial charge in [0.05, 0.1) is 18.1 Å². The Morgan fingerprint density at radius 3 is 2.44 bits per heavy atom. The van der Waals surface area contributed by atoms with Crippen LogP contribution >= 0.6 is 23.4 Å². The van der Waals surface area contributed by atoms with Gasteiger partial charge in [0.15, 0.2) is 11.5 Å². The average Bonchev–Trinajstić information content (AvgIpc) is 3.13. The molecule has 3 aromatic rings. The largest absolute Gasteiger partial charge is 0.490 e. The Morgan fingerprint density at radius 2 is 1.75 bits per heavy atom. The van der Waals surface area contributed by atoms with Gasteiger partial charge >= 0.3 is 0 Å². The number of imide groups is 1. The minimum absolute atomic E-state index is 0.242. The smallest absolute Gasteiger partial charge is 0.293 e. The van der Waals surface area contributed by atoms with Crippen molar-refractivity contribution in [2.45, 2.75) is 26.5 Å². The quantitative estimate of drug-likeness (QED) is 0.208. The van der Waals surface area contributed by atoms with Gasteiger partial charge in [-0.2, -0.15) is 0 Å². The molecule has 1 aliphatic rings. The van der Waals surface area contributed by atoms with Crippen molar-refractivity contribution in [1.82, 2.24) is 4.90 Å². The van der Waals surface area contributed by atoms with Gasteiger partial charge in [0.1, 0.15) is 6.61 Å². The highest BCUT2D eigenvalue weighted by Gasteiger charge is 2.35. The molecule has 0 saturated carbocycles. The minimum Gasteiger partial charge on any atom is -0.490 e. The average molecular weight is 520 g/mol. The molecule has 0 radical (unpaired) electrons. The molecule has 0 aliphatic carbocycles. The molecule has 1 heterocycles. The Hall–Kier alpha value is -3.48. The Labute approximate surface area is 220 Å². The van der Waals surface area contributed by atoms with Crippen molar-refractivity contribution in [3.8, 4) is 11.5 Å². The minimum atomic E-state index is -0.305. The summed E-state index contributed by atoms with van der Waals surface area (Å²) in [5.41, 5.74) is 3.50. The van der Waals surface area contributed by atoms with E-state index in [1.807, 2.05) is 73.7 Å². The molecule has 184 valence electrons. The SMILES string of the molecule is C=CCc1cc(/C=C2\SC(=O)N(Cc3ccccc3)C2=O)cc(OCC)c1OCc1ccc(Cl)cc1. The third-order valence-corrected chi connectivity index (χ3v) is 6.63. The van der Waals surface area contributed by atoms with Crippen LogP contribution in [0.4, 0.5) is 4.79 Å². The van der Waals surface area contributed by atoms with E-state index in [1.54, 1.807) is 12.2 Å². The van der Waals surface area contributed by atoms with Crippen LogP contribution in [0.15, 0.2) is 84.3 Å². The molecule has 1 fully saturated rings. The summed E-state index contributed by atoms with van der Waals surface area (Å²) in [5, 5.41) is 0.382. The number of thioether (sulfide) groups is 1. The molecule has 0 atom stereocenters. The molecule has 0 spiro atoms. The summed E-state index contributed by atoms with van der Waals surface area (Å²) in [6, 6.07) is 20.7. The molecule has 0 N–H and O–H groups in total. The first kappa shape index (κ1) is 25.6. The third-order valence-electron chi connectivity index (χ3n) is 5.47. The molecule has 7 heteroatoms. The van der Waals surface area contributed by atoms with Crippen molar-refractivity contribution in [1.29, 1.82) is 0 Å². The number of nitrogens with zero attached hydrogens (tertiary/aromatic N) is 1. The van der Waals surface area contributed by atoms with E-state index >= 15 is 0 Å². The van der Waals surface area contributed by atoms with Crippen LogP contribution in [0.5, 0.6) is 11.5 Å². The molecule has 1 aliphatic heterocycles. The summed E-state index contributed by atoms with van der Waals surface area (Å²) in [6.07, 6.45) is 4.07. The van der Waals surface area contributed by atoms with Gasteiger partial charge in [-0.25, -0.2) is 0 Å². The van der Waals surface area contributed by atoms with Gasteiger partial charge < -0.3 is 9.47 Å². The topological polar surface area (TPSA) is 55.8 Å². The number of rotatable bonds is 10. The van der Waals surface area contributed by atoms with Crippen LogP contribution in [0, 0.1) is 0 Å². The maximum absolute atomic E-state index is 13.0. The highest BCUT2D eigenvalue weighted by atomic mass is 35.5. The highest BCUT2D eigenvalue weighted by molar-refractivity contribution is 8.18. The lowest BCUT2D eigenvalue weighted by atomic mass is 10.0. The number of carbonyl (C=O) groups is 2. The van der Waals surface area contributed by atoms with Gasteiger partial charge in [0.25, 0.3) is 11.1 Å². The van der Waals surface area contributed by atoms with E-state index in [2.05, 4.69) is 6.58 Å². The first-order valence-corrected chi connectivity index (χ1v) is 12.7. The van der Waals surface area contributed by atoms with Gasteiger partial charge in [0.2, 0.25) is 0 Å². The van der Waals surface area contributed by atoms with Crippen LogP contribution in [0.25, 0.3) is 6.08 Å². The van der Waals surface area contributed by atoms with E-state index < -0.39 is 0 Å². The Balaban J connectivity index is 1.61. The molecular weight excluding hydrogens is 494 g/mol. The second-order valence-corrected chi connectivity index (χ2v) is 9.53. The molecule has 36 heavy (non-hydrogen) atoms. The lowest BCUT2D eigenvalue weighted by molar-refractivity contribution is -0.123. The molecule has 5 nitrogen and oxygen atoms in total. The molecule has 3 aromatic carbocycles. The van der Waals surface area contributed by atoms with Crippen molar-refractivity contribution in [2.75, 3.05) is 6.61 Å². The zero-order valence-electron chi connectivity index (χ0n) is 19.9. The van der Waals surface area contributed by atoms with E-state index in [9.17, 15) is 9.59 Å². The summed E-state index contributed by atoms with van der Waals surface area (Å²) in [7, 11) is 0. The molecule has 2 amide bonds. The first-order valence-electron chi connectivity index (χ1n) is 11.6. The lowest BCUT2D eigenvalue weighted by Crippen LogP contribution is -2.27. The number of halogens is 1. The van der Waals surface area contributed by atoms with Crippen molar-refractivity contribution >= 4 is 40.6 Å². The van der Waals surface area contributed by atoms with Crippen molar-refractivity contribution < 1.29 is 19.1 Å². The van der Waals surface area contributed by atoms with Crippen molar-refractivity contribution in [2.24, 2.45) is 0 Å². The molecule has 0 unspecified atom stereocenters. The standard InChI is InChI=1S/C29H26ClNO4S/c1-3-8-23-15-22(16-25(34-4-2)27(23)35-19-21-11-13-24(30)14-12-21)17-26-28(32)31(29(33)36-26)18-20-9-6-5-7-10-20/h3,5-7,9-17H,1,4,8,18-19H2,2H3/b26-17-. The maximum atomic E-state index is 13.0. The van der Waals surface area contributed by atoms with Crippen molar-refractivity contribution in [3.63, 3.8) is 0 Å². The summed E-state index contributed by atoms with van der Waals surface area (Å²) in [4.78, 5) is 27.3. The van der Waals surface area contributed by atoms with Crippen LogP contribution in [0.2, 0.25) is 5.02 Å². The number of allylic oxidation sites excluding steroid dienone is 1. The first-order chi connectivity index (χ1) is 17.5. The summed E-state index contributed by atoms with van der Waals surface area (Å²) < 4.78 is 12.1. The van der Waals surface area contributed by atoms with E-state index in [0.29, 0.717) is 41.1 Å². The zero-order chi connectivity index (χ0) is 25.5. The van der Waals surface area contributed by atoms with Crippen LogP contribution < -0.4 is 9.47 Å². The van der Waals surface area contributed by atoms with E-state index in [1.165, 1.54) is 4.90 Å². The normalized spacial score (nSPS) is 14.4. The molecule has 0 aromatic heterocycles. The fourth-order valence-corrected chi connectivity index (χ4v) is 4.75. The second kappa shape index (κ2) is 12.0. The number of benzene rings is 3. The number of hydrogen-bond donors (Lipinski definition) is 0. The molecule has 1 saturated heterocycles. The number of ether oxygens (including phenoxy) is 2. The molecule has 0 bridgehead atoms. The van der Waals surface area contributed by atoms with Crippen LogP contribution in [-0.2, 0) is 24.4 Å². The fourth-order valence-electron chi connectivity index (χ4n) is 3.79. The highest BCUT2D eigenvalue weighted by Crippen LogP contribution is 2.38. The van der Waals surface area contributed by atoms with Crippen LogP contribution in [0.1, 0.15) is 29.2 Å². The molecule has 4 rings (SSSR count). The van der Waals surface area contributed by atoms with Gasteiger partial charge in [0, 0.05) is 10.6 Å². The second-order valence-electron chi connectivity index (χ2n) is 8.10. The van der Waals surface area contributed by atoms with E-state index in [0.717, 1.165) is 34.0 Å². The Kier molecular flexibility index (Phi) is 8.52. The fraction of sp³-hybridized carbons (Fsp3) is 0.172. The van der Waals surface area contributed by atoms with Crippen LogP contribution in [0.3, 0.4) is 0 Å². The number of carbonyl (C=O) groups excluding carboxylic acids is 2. The predicted molar refractivity (Wildman–Crippen MR) is 145 cm³/mol.